The summed E-state index contributed by atoms with van der Waals surface area (Å²) in [5.41, 5.74) is 2.43. The minimum Gasteiger partial charge on any atom is -0.378 e. The molecule has 0 radical (unpaired) electrons. The van der Waals surface area contributed by atoms with Crippen molar-refractivity contribution >= 4 is 17.4 Å². The van der Waals surface area contributed by atoms with Gasteiger partial charge in [0.1, 0.15) is 0 Å². The molecule has 1 fully saturated rings. The lowest BCUT2D eigenvalue weighted by Gasteiger charge is -2.17. The van der Waals surface area contributed by atoms with E-state index in [-0.39, 0.29) is 11.7 Å². The maximum Gasteiger partial charge on any atom is 0.299 e. The van der Waals surface area contributed by atoms with E-state index in [1.807, 2.05) is 25.1 Å². The van der Waals surface area contributed by atoms with E-state index >= 15 is 0 Å². The highest BCUT2D eigenvalue weighted by molar-refractivity contribution is 6.52. The molecule has 2 heterocycles. The third-order valence-corrected chi connectivity index (χ3v) is 4.38. The number of nitrogens with zero attached hydrogens (tertiary/aromatic N) is 1. The lowest BCUT2D eigenvalue weighted by molar-refractivity contribution is -0.114. The van der Waals surface area contributed by atoms with Gasteiger partial charge in [0, 0.05) is 13.2 Å². The molecule has 0 bridgehead atoms. The minimum absolute atomic E-state index is 0.334. The number of benzene rings is 1. The molecule has 0 spiro atoms. The summed E-state index contributed by atoms with van der Waals surface area (Å²) in [5, 5.41) is 0. The van der Waals surface area contributed by atoms with Crippen LogP contribution in [-0.2, 0) is 16.0 Å². The first-order valence-electron chi connectivity index (χ1n) is 7.81. The SMILES string of the molecule is CCc1ccc2c(c1)C(=O)C(=O)N2CCCC1CCCO1. The fraction of sp³-hybridized carbons (Fsp3) is 0.529. The van der Waals surface area contributed by atoms with E-state index in [4.69, 9.17) is 4.74 Å². The lowest BCUT2D eigenvalue weighted by Crippen LogP contribution is -2.31. The Bertz CT molecular complexity index is 561. The third-order valence-electron chi connectivity index (χ3n) is 4.38. The molecule has 2 aliphatic rings. The number of rotatable bonds is 5. The molecule has 1 atom stereocenters. The Labute approximate surface area is 125 Å². The molecule has 1 aromatic carbocycles. The molecule has 21 heavy (non-hydrogen) atoms. The van der Waals surface area contributed by atoms with E-state index in [9.17, 15) is 9.59 Å². The molecule has 4 heteroatoms. The number of carbonyl (C=O) groups is 2. The Hall–Kier alpha value is -1.68. The first-order chi connectivity index (χ1) is 10.2. The second-order valence-electron chi connectivity index (χ2n) is 5.77. The van der Waals surface area contributed by atoms with Crippen LogP contribution in [0, 0.1) is 0 Å². The van der Waals surface area contributed by atoms with E-state index < -0.39 is 0 Å². The van der Waals surface area contributed by atoms with Crippen molar-refractivity contribution in [2.75, 3.05) is 18.1 Å². The molecule has 1 unspecified atom stereocenters. The van der Waals surface area contributed by atoms with E-state index in [2.05, 4.69) is 0 Å². The smallest absolute Gasteiger partial charge is 0.299 e. The van der Waals surface area contributed by atoms with Gasteiger partial charge in [0.05, 0.1) is 17.4 Å². The summed E-state index contributed by atoms with van der Waals surface area (Å²) in [7, 11) is 0. The number of fused-ring (bicyclic) bond motifs is 1. The van der Waals surface area contributed by atoms with Gasteiger partial charge in [0.25, 0.3) is 11.7 Å². The van der Waals surface area contributed by atoms with Gasteiger partial charge < -0.3 is 9.64 Å². The molecule has 0 aliphatic carbocycles. The third kappa shape index (κ3) is 2.72. The molecule has 2 aliphatic heterocycles. The molecular weight excluding hydrogens is 266 g/mol. The topological polar surface area (TPSA) is 46.6 Å². The molecule has 0 N–H and O–H groups in total. The van der Waals surface area contributed by atoms with Crippen LogP contribution < -0.4 is 4.90 Å². The zero-order valence-corrected chi connectivity index (χ0v) is 12.4. The van der Waals surface area contributed by atoms with Crippen molar-refractivity contribution in [3.05, 3.63) is 29.3 Å². The Balaban J connectivity index is 1.68. The van der Waals surface area contributed by atoms with Crippen molar-refractivity contribution < 1.29 is 14.3 Å². The van der Waals surface area contributed by atoms with Crippen LogP contribution in [0.3, 0.4) is 0 Å². The average molecular weight is 287 g/mol. The fourth-order valence-electron chi connectivity index (χ4n) is 3.14. The number of aryl methyl sites for hydroxylation is 1. The number of hydrogen-bond acceptors (Lipinski definition) is 3. The van der Waals surface area contributed by atoms with Gasteiger partial charge >= 0.3 is 0 Å². The molecule has 1 amide bonds. The van der Waals surface area contributed by atoms with Crippen molar-refractivity contribution in [2.24, 2.45) is 0 Å². The lowest BCUT2D eigenvalue weighted by atomic mass is 10.1. The Morgan fingerprint density at radius 1 is 1.33 bits per heavy atom. The monoisotopic (exact) mass is 287 g/mol. The van der Waals surface area contributed by atoms with Crippen LogP contribution in [0.4, 0.5) is 5.69 Å². The molecule has 0 saturated carbocycles. The van der Waals surface area contributed by atoms with Crippen molar-refractivity contribution in [3.63, 3.8) is 0 Å². The maximum absolute atomic E-state index is 12.1. The highest BCUT2D eigenvalue weighted by Gasteiger charge is 2.35. The highest BCUT2D eigenvalue weighted by atomic mass is 16.5. The molecule has 3 rings (SSSR count). The van der Waals surface area contributed by atoms with Crippen LogP contribution in [-0.4, -0.2) is 30.9 Å². The van der Waals surface area contributed by atoms with E-state index in [1.54, 1.807) is 4.90 Å². The Morgan fingerprint density at radius 2 is 2.19 bits per heavy atom. The van der Waals surface area contributed by atoms with E-state index in [0.29, 0.717) is 18.2 Å². The predicted octanol–water partition coefficient (Wildman–Crippen LogP) is 2.74. The summed E-state index contributed by atoms with van der Waals surface area (Å²) in [6.07, 6.45) is 5.28. The summed E-state index contributed by atoms with van der Waals surface area (Å²) in [6, 6.07) is 5.76. The number of carbonyl (C=O) groups excluding carboxylic acids is 2. The largest absolute Gasteiger partial charge is 0.378 e. The number of Topliss-reactive ketones (excluding diaryl/α,β-unsaturated/α-hetero) is 1. The van der Waals surface area contributed by atoms with Crippen LogP contribution in [0.2, 0.25) is 0 Å². The molecule has 112 valence electrons. The van der Waals surface area contributed by atoms with E-state index in [1.165, 1.54) is 0 Å². The van der Waals surface area contributed by atoms with Crippen LogP contribution >= 0.6 is 0 Å². The maximum atomic E-state index is 12.1. The minimum atomic E-state index is -0.384. The van der Waals surface area contributed by atoms with Crippen molar-refractivity contribution in [3.8, 4) is 0 Å². The zero-order valence-electron chi connectivity index (χ0n) is 12.4. The fourth-order valence-corrected chi connectivity index (χ4v) is 3.14. The van der Waals surface area contributed by atoms with Gasteiger partial charge in [-0.2, -0.15) is 0 Å². The number of amides is 1. The Morgan fingerprint density at radius 3 is 2.90 bits per heavy atom. The van der Waals surface area contributed by atoms with Crippen LogP contribution in [0.5, 0.6) is 0 Å². The number of ketones is 1. The van der Waals surface area contributed by atoms with Gasteiger partial charge in [-0.1, -0.05) is 13.0 Å². The second kappa shape index (κ2) is 5.98. The number of anilines is 1. The number of ether oxygens (including phenoxy) is 1. The van der Waals surface area contributed by atoms with Crippen molar-refractivity contribution in [1.29, 1.82) is 0 Å². The average Bonchev–Trinajstić information content (AvgIpc) is 3.10. The summed E-state index contributed by atoms with van der Waals surface area (Å²) < 4.78 is 5.59. The van der Waals surface area contributed by atoms with Gasteiger partial charge in [0.15, 0.2) is 0 Å². The summed E-state index contributed by atoms with van der Waals surface area (Å²) in [5.74, 6) is -0.747. The predicted molar refractivity (Wildman–Crippen MR) is 80.7 cm³/mol. The van der Waals surface area contributed by atoms with Gasteiger partial charge in [-0.3, -0.25) is 9.59 Å². The standard InChI is InChI=1S/C17H21NO3/c1-2-12-7-8-15-14(11-12)16(19)17(20)18(15)9-3-5-13-6-4-10-21-13/h7-8,11,13H,2-6,9-10H2,1H3. The van der Waals surface area contributed by atoms with Crippen molar-refractivity contribution in [1.82, 2.24) is 0 Å². The number of hydrogen-bond donors (Lipinski definition) is 0. The summed E-state index contributed by atoms with van der Waals surface area (Å²) in [4.78, 5) is 25.8. The molecule has 4 nitrogen and oxygen atoms in total. The normalized spacial score (nSPS) is 21.2. The molecule has 1 aromatic rings. The molecule has 1 saturated heterocycles. The van der Waals surface area contributed by atoms with Gasteiger partial charge in [-0.15, -0.1) is 0 Å². The highest BCUT2D eigenvalue weighted by Crippen LogP contribution is 2.30. The van der Waals surface area contributed by atoms with Gasteiger partial charge in [-0.05, 0) is 49.8 Å². The molecule has 0 aromatic heterocycles. The van der Waals surface area contributed by atoms with Crippen LogP contribution in [0.25, 0.3) is 0 Å². The zero-order chi connectivity index (χ0) is 14.8. The van der Waals surface area contributed by atoms with E-state index in [0.717, 1.165) is 50.0 Å². The van der Waals surface area contributed by atoms with Crippen LogP contribution in [0.15, 0.2) is 18.2 Å². The first kappa shape index (κ1) is 14.3. The van der Waals surface area contributed by atoms with Gasteiger partial charge in [-0.25, -0.2) is 0 Å². The van der Waals surface area contributed by atoms with Gasteiger partial charge in [0.2, 0.25) is 0 Å². The summed E-state index contributed by atoms with van der Waals surface area (Å²) >= 11 is 0. The second-order valence-corrected chi connectivity index (χ2v) is 5.77. The first-order valence-corrected chi connectivity index (χ1v) is 7.81. The Kier molecular flexibility index (Phi) is 4.06. The van der Waals surface area contributed by atoms with Crippen molar-refractivity contribution in [2.45, 2.75) is 45.1 Å². The molecular formula is C17H21NO3. The van der Waals surface area contributed by atoms with Crippen LogP contribution in [0.1, 0.15) is 48.5 Å². The quantitative estimate of drug-likeness (QED) is 0.782. The summed E-state index contributed by atoms with van der Waals surface area (Å²) in [6.45, 7) is 3.50.